The lowest BCUT2D eigenvalue weighted by molar-refractivity contribution is -0.124. The predicted octanol–water partition coefficient (Wildman–Crippen LogP) is 4.41. The molecule has 0 radical (unpaired) electrons. The van der Waals surface area contributed by atoms with Crippen LogP contribution in [-0.4, -0.2) is 55.9 Å². The number of hydrogen-bond acceptors (Lipinski definition) is 8. The zero-order valence-corrected chi connectivity index (χ0v) is 25.4. The summed E-state index contributed by atoms with van der Waals surface area (Å²) in [6, 6.07) is 16.2. The molecule has 1 unspecified atom stereocenters. The van der Waals surface area contributed by atoms with Crippen molar-refractivity contribution in [3.05, 3.63) is 89.9 Å². The molecule has 0 spiro atoms. The number of nitrogens with zero attached hydrogens (tertiary/aromatic N) is 7. The number of aliphatic hydroxyl groups excluding tert-OH is 1. The number of nitrogens with one attached hydrogen (secondary N) is 1. The highest BCUT2D eigenvalue weighted by Crippen LogP contribution is 2.39. The first-order chi connectivity index (χ1) is 21.4. The Balaban J connectivity index is 1.28. The number of hydrogen-bond donors (Lipinski definition) is 2. The molecule has 3 aromatic heterocycles. The van der Waals surface area contributed by atoms with Gasteiger partial charge in [0.2, 0.25) is 5.91 Å². The minimum absolute atomic E-state index is 0.00455. The molecule has 1 aliphatic carbocycles. The summed E-state index contributed by atoms with van der Waals surface area (Å²) in [5, 5.41) is 26.2. The maximum absolute atomic E-state index is 13.8. The van der Waals surface area contributed by atoms with Crippen molar-refractivity contribution < 1.29 is 9.90 Å². The van der Waals surface area contributed by atoms with Crippen LogP contribution in [0.4, 0.5) is 5.82 Å². The molecular formula is C34H40N8O2. The van der Waals surface area contributed by atoms with Gasteiger partial charge < -0.3 is 15.3 Å². The Labute approximate surface area is 258 Å². The molecular weight excluding hydrogens is 552 g/mol. The first-order valence-electron chi connectivity index (χ1n) is 15.3. The molecule has 0 bridgehead atoms. The number of benzene rings is 1. The zero-order valence-electron chi connectivity index (χ0n) is 25.4. The lowest BCUT2D eigenvalue weighted by atomic mass is 9.73. The van der Waals surface area contributed by atoms with Gasteiger partial charge in [-0.1, -0.05) is 36.4 Å². The summed E-state index contributed by atoms with van der Waals surface area (Å²) >= 11 is 0. The SMILES string of the molecule is CN(CCCO)c1nc(C[C@H]2CC[C@H](C(C(=O)NCc3ccccc3)c3ccc(-c4cnn(C)c4)cn3)CC2)ncc1C#N. The lowest BCUT2D eigenvalue weighted by Gasteiger charge is -2.33. The molecule has 5 rings (SSSR count). The number of anilines is 1. The van der Waals surface area contributed by atoms with Crippen molar-refractivity contribution in [3.63, 3.8) is 0 Å². The maximum Gasteiger partial charge on any atom is 0.229 e. The quantitative estimate of drug-likeness (QED) is 0.247. The maximum atomic E-state index is 13.8. The standard InChI is InChI=1S/C34H40N8O2/c1-41(15-6-16-43)33-28(18-35)21-37-31(40-33)17-24-9-11-26(12-10-24)32(34(44)38-19-25-7-4-3-5-8-25)30-14-13-27(20-36-30)29-22-39-42(2)23-29/h3-5,7-8,13-14,20-24,26,32,43H,6,9-12,15-17,19H2,1-2H3,(H,38,44)/t24-,26-,32?. The van der Waals surface area contributed by atoms with Crippen LogP contribution in [0.5, 0.6) is 0 Å². The average Bonchev–Trinajstić information content (AvgIpc) is 3.50. The minimum atomic E-state index is -0.347. The van der Waals surface area contributed by atoms with Crippen molar-refractivity contribution in [2.24, 2.45) is 18.9 Å². The minimum Gasteiger partial charge on any atom is -0.396 e. The van der Waals surface area contributed by atoms with Crippen LogP contribution in [0.3, 0.4) is 0 Å². The third-order valence-electron chi connectivity index (χ3n) is 8.52. The molecule has 2 N–H and O–H groups in total. The molecule has 1 fully saturated rings. The van der Waals surface area contributed by atoms with Gasteiger partial charge in [-0.05, 0) is 55.6 Å². The van der Waals surface area contributed by atoms with Crippen molar-refractivity contribution in [2.45, 2.75) is 51.0 Å². The summed E-state index contributed by atoms with van der Waals surface area (Å²) in [7, 11) is 3.77. The number of carbonyl (C=O) groups is 1. The van der Waals surface area contributed by atoms with E-state index in [1.165, 1.54) is 0 Å². The number of rotatable bonds is 12. The van der Waals surface area contributed by atoms with Crippen LogP contribution in [0, 0.1) is 23.2 Å². The normalized spacial score (nSPS) is 17.0. The van der Waals surface area contributed by atoms with E-state index in [-0.39, 0.29) is 24.3 Å². The van der Waals surface area contributed by atoms with Crippen LogP contribution in [0.1, 0.15) is 60.7 Å². The second-order valence-corrected chi connectivity index (χ2v) is 11.7. The van der Waals surface area contributed by atoms with Gasteiger partial charge in [0.05, 0.1) is 24.0 Å². The van der Waals surface area contributed by atoms with Crippen LogP contribution < -0.4 is 10.2 Å². The largest absolute Gasteiger partial charge is 0.396 e. The second-order valence-electron chi connectivity index (χ2n) is 11.7. The van der Waals surface area contributed by atoms with Crippen LogP contribution >= 0.6 is 0 Å². The van der Waals surface area contributed by atoms with Gasteiger partial charge in [0.15, 0.2) is 0 Å². The molecule has 228 valence electrons. The molecule has 1 atom stereocenters. The van der Waals surface area contributed by atoms with Crippen LogP contribution in [0.15, 0.2) is 67.3 Å². The molecule has 0 saturated heterocycles. The molecule has 1 amide bonds. The van der Waals surface area contributed by atoms with Gasteiger partial charge in [-0.25, -0.2) is 9.97 Å². The summed E-state index contributed by atoms with van der Waals surface area (Å²) in [6.07, 6.45) is 12.3. The fourth-order valence-electron chi connectivity index (χ4n) is 6.09. The fraction of sp³-hybridized carbons (Fsp3) is 0.412. The Bertz CT molecular complexity index is 1560. The van der Waals surface area contributed by atoms with Gasteiger partial charge >= 0.3 is 0 Å². The van der Waals surface area contributed by atoms with E-state index in [4.69, 9.17) is 9.97 Å². The van der Waals surface area contributed by atoms with Crippen molar-refractivity contribution in [3.8, 4) is 17.2 Å². The van der Waals surface area contributed by atoms with E-state index < -0.39 is 0 Å². The Morgan fingerprint density at radius 1 is 1.09 bits per heavy atom. The van der Waals surface area contributed by atoms with E-state index in [2.05, 4.69) is 21.5 Å². The van der Waals surface area contributed by atoms with Gasteiger partial charge in [0.25, 0.3) is 0 Å². The third-order valence-corrected chi connectivity index (χ3v) is 8.52. The van der Waals surface area contributed by atoms with Crippen molar-refractivity contribution >= 4 is 11.7 Å². The highest BCUT2D eigenvalue weighted by Gasteiger charge is 2.34. The van der Waals surface area contributed by atoms with E-state index in [9.17, 15) is 15.2 Å². The summed E-state index contributed by atoms with van der Waals surface area (Å²) in [5.74, 6) is 1.55. The molecule has 1 aliphatic rings. The molecule has 44 heavy (non-hydrogen) atoms. The third kappa shape index (κ3) is 7.66. The molecule has 3 heterocycles. The summed E-state index contributed by atoms with van der Waals surface area (Å²) < 4.78 is 1.76. The van der Waals surface area contributed by atoms with Crippen molar-refractivity contribution in [2.75, 3.05) is 25.1 Å². The van der Waals surface area contributed by atoms with Crippen LogP contribution in [0.25, 0.3) is 11.1 Å². The van der Waals surface area contributed by atoms with Crippen LogP contribution in [-0.2, 0) is 24.8 Å². The topological polar surface area (TPSA) is 133 Å². The number of nitriles is 1. The highest BCUT2D eigenvalue weighted by atomic mass is 16.3. The van der Waals surface area contributed by atoms with E-state index in [1.807, 2.05) is 80.1 Å². The van der Waals surface area contributed by atoms with Crippen molar-refractivity contribution in [1.29, 1.82) is 5.26 Å². The van der Waals surface area contributed by atoms with E-state index in [0.29, 0.717) is 36.8 Å². The monoisotopic (exact) mass is 592 g/mol. The van der Waals surface area contributed by atoms with Gasteiger partial charge in [-0.3, -0.25) is 14.5 Å². The second kappa shape index (κ2) is 14.7. The molecule has 4 aromatic rings. The molecule has 1 saturated carbocycles. The number of aliphatic hydroxyl groups is 1. The van der Waals surface area contributed by atoms with Crippen LogP contribution in [0.2, 0.25) is 0 Å². The van der Waals surface area contributed by atoms with Gasteiger partial charge in [-0.2, -0.15) is 10.4 Å². The average molecular weight is 593 g/mol. The summed E-state index contributed by atoms with van der Waals surface area (Å²) in [5.41, 5.74) is 4.25. The fourth-order valence-corrected chi connectivity index (χ4v) is 6.09. The van der Waals surface area contributed by atoms with E-state index in [0.717, 1.165) is 60.3 Å². The van der Waals surface area contributed by atoms with E-state index >= 15 is 0 Å². The number of pyridine rings is 1. The Kier molecular flexibility index (Phi) is 10.3. The van der Waals surface area contributed by atoms with E-state index in [1.54, 1.807) is 10.9 Å². The first kappa shape index (κ1) is 30.8. The first-order valence-corrected chi connectivity index (χ1v) is 15.3. The highest BCUT2D eigenvalue weighted by molar-refractivity contribution is 5.83. The Morgan fingerprint density at radius 3 is 2.55 bits per heavy atom. The number of aryl methyl sites for hydroxylation is 1. The Morgan fingerprint density at radius 2 is 1.89 bits per heavy atom. The summed E-state index contributed by atoms with van der Waals surface area (Å²) in [6.45, 7) is 1.17. The number of aromatic nitrogens is 5. The zero-order chi connectivity index (χ0) is 30.9. The van der Waals surface area contributed by atoms with Gasteiger partial charge in [0.1, 0.15) is 23.3 Å². The lowest BCUT2D eigenvalue weighted by Crippen LogP contribution is -2.35. The molecule has 10 heteroatoms. The molecule has 0 aliphatic heterocycles. The predicted molar refractivity (Wildman–Crippen MR) is 168 cm³/mol. The van der Waals surface area contributed by atoms with Gasteiger partial charge in [-0.15, -0.1) is 0 Å². The Hall–Kier alpha value is -4.62. The number of amides is 1. The molecule has 10 nitrogen and oxygen atoms in total. The smallest absolute Gasteiger partial charge is 0.229 e. The summed E-state index contributed by atoms with van der Waals surface area (Å²) in [4.78, 5) is 29.7. The van der Waals surface area contributed by atoms with Gasteiger partial charge in [0, 0.05) is 63.7 Å². The molecule has 1 aromatic carbocycles. The number of carbonyl (C=O) groups excluding carboxylic acids is 1. The van der Waals surface area contributed by atoms with Crippen molar-refractivity contribution in [1.82, 2.24) is 30.0 Å².